The number of carbonyl (C=O) groups excluding carboxylic acids is 3. The van der Waals surface area contributed by atoms with Gasteiger partial charge in [-0.2, -0.15) is 0 Å². The molecule has 0 aromatic rings. The Morgan fingerprint density at radius 2 is 2.07 bits per heavy atom. The Hall–Kier alpha value is -2.63. The summed E-state index contributed by atoms with van der Waals surface area (Å²) in [4.78, 5) is 36.7. The minimum absolute atomic E-state index is 0.124. The molecule has 6 heteroatoms. The molecule has 1 fully saturated rings. The summed E-state index contributed by atoms with van der Waals surface area (Å²) in [6, 6.07) is 0. The Morgan fingerprint density at radius 3 is 2.70 bits per heavy atom. The molecule has 0 radical (unpaired) electrons. The van der Waals surface area contributed by atoms with Crippen molar-refractivity contribution in [2.45, 2.75) is 52.2 Å². The van der Waals surface area contributed by atoms with E-state index in [4.69, 9.17) is 14.2 Å². The third kappa shape index (κ3) is 4.76. The van der Waals surface area contributed by atoms with Gasteiger partial charge in [0.2, 0.25) is 0 Å². The van der Waals surface area contributed by atoms with Crippen molar-refractivity contribution < 1.29 is 28.6 Å². The van der Waals surface area contributed by atoms with Crippen LogP contribution in [0.3, 0.4) is 0 Å². The molecule has 3 atom stereocenters. The van der Waals surface area contributed by atoms with Gasteiger partial charge in [-0.15, -0.1) is 0 Å². The normalized spacial score (nSPS) is 30.2. The number of esters is 3. The molecule has 1 aliphatic carbocycles. The smallest absolute Gasteiger partial charge is 0.334 e. The number of ether oxygens (including phenoxy) is 3. The SMILES string of the molecule is C=C1C(=O)O[C@@H]2/C=C(\C)CC/C=C(/C(=O)OC)C[C@H](OC(=O)/C(C)=C/C)[C@H]12. The summed E-state index contributed by atoms with van der Waals surface area (Å²) in [6.07, 6.45) is 5.44. The van der Waals surface area contributed by atoms with Gasteiger partial charge in [0.1, 0.15) is 12.2 Å². The second-order valence-electron chi connectivity index (χ2n) is 6.81. The number of methoxy groups -OCH3 is 1. The molecule has 0 spiro atoms. The molecular weight excluding hydrogens is 348 g/mol. The standard InChI is InChI=1S/C21H26O6/c1-6-13(3)19(22)26-17-11-15(21(24)25-5)9-7-8-12(2)10-16-18(17)14(4)20(23)27-16/h6,9-10,16-18H,4,7-8,11H2,1-3,5H3/b12-10+,13-6+,15-9+/t16-,17+,18-/m1/s1. The van der Waals surface area contributed by atoms with Crippen molar-refractivity contribution in [3.8, 4) is 0 Å². The fourth-order valence-electron chi connectivity index (χ4n) is 3.21. The first kappa shape index (κ1) is 20.7. The van der Waals surface area contributed by atoms with Crippen molar-refractivity contribution in [2.75, 3.05) is 7.11 Å². The maximum atomic E-state index is 12.4. The largest absolute Gasteiger partial charge is 0.466 e. The van der Waals surface area contributed by atoms with Crippen molar-refractivity contribution in [3.63, 3.8) is 0 Å². The van der Waals surface area contributed by atoms with Gasteiger partial charge in [-0.25, -0.2) is 14.4 Å². The van der Waals surface area contributed by atoms with Crippen LogP contribution in [0.25, 0.3) is 0 Å². The molecule has 0 aromatic heterocycles. The summed E-state index contributed by atoms with van der Waals surface area (Å²) in [7, 11) is 1.31. The van der Waals surface area contributed by atoms with Gasteiger partial charge in [0, 0.05) is 23.1 Å². The van der Waals surface area contributed by atoms with Gasteiger partial charge in [0.15, 0.2) is 0 Å². The van der Waals surface area contributed by atoms with Crippen LogP contribution in [-0.2, 0) is 28.6 Å². The number of carbonyl (C=O) groups is 3. The second kappa shape index (κ2) is 8.84. The predicted octanol–water partition coefficient (Wildman–Crippen LogP) is 3.19. The van der Waals surface area contributed by atoms with Crippen LogP contribution >= 0.6 is 0 Å². The summed E-state index contributed by atoms with van der Waals surface area (Å²) in [5, 5.41) is 0. The van der Waals surface area contributed by atoms with E-state index in [1.165, 1.54) is 7.11 Å². The van der Waals surface area contributed by atoms with Crippen LogP contribution in [0.1, 0.15) is 40.0 Å². The van der Waals surface area contributed by atoms with Crippen molar-refractivity contribution in [1.29, 1.82) is 0 Å². The van der Waals surface area contributed by atoms with Gasteiger partial charge in [-0.05, 0) is 39.7 Å². The molecule has 0 N–H and O–H groups in total. The van der Waals surface area contributed by atoms with Crippen LogP contribution in [0.5, 0.6) is 0 Å². The van der Waals surface area contributed by atoms with Crippen molar-refractivity contribution in [2.24, 2.45) is 5.92 Å². The summed E-state index contributed by atoms with van der Waals surface area (Å²) < 4.78 is 16.0. The van der Waals surface area contributed by atoms with Gasteiger partial charge in [-0.3, -0.25) is 0 Å². The molecule has 0 aromatic carbocycles. The van der Waals surface area contributed by atoms with Gasteiger partial charge < -0.3 is 14.2 Å². The Kier molecular flexibility index (Phi) is 6.77. The molecule has 0 saturated carbocycles. The maximum absolute atomic E-state index is 12.4. The minimum Gasteiger partial charge on any atom is -0.466 e. The van der Waals surface area contributed by atoms with Crippen LogP contribution in [0.4, 0.5) is 0 Å². The van der Waals surface area contributed by atoms with Gasteiger partial charge in [0.25, 0.3) is 0 Å². The topological polar surface area (TPSA) is 78.9 Å². The van der Waals surface area contributed by atoms with E-state index >= 15 is 0 Å². The van der Waals surface area contributed by atoms with E-state index in [9.17, 15) is 14.4 Å². The van der Waals surface area contributed by atoms with Crippen LogP contribution < -0.4 is 0 Å². The molecule has 6 nitrogen and oxygen atoms in total. The zero-order valence-corrected chi connectivity index (χ0v) is 16.2. The van der Waals surface area contributed by atoms with Crippen LogP contribution in [-0.4, -0.2) is 37.2 Å². The van der Waals surface area contributed by atoms with E-state index in [1.807, 2.05) is 13.0 Å². The maximum Gasteiger partial charge on any atom is 0.334 e. The molecule has 0 unspecified atom stereocenters. The lowest BCUT2D eigenvalue weighted by Crippen LogP contribution is -2.34. The highest BCUT2D eigenvalue weighted by Gasteiger charge is 2.45. The zero-order chi connectivity index (χ0) is 20.1. The lowest BCUT2D eigenvalue weighted by atomic mass is 9.85. The highest BCUT2D eigenvalue weighted by Crippen LogP contribution is 2.36. The number of hydrogen-bond donors (Lipinski definition) is 0. The molecule has 0 amide bonds. The van der Waals surface area contributed by atoms with E-state index in [0.717, 1.165) is 12.0 Å². The molecule has 1 aliphatic heterocycles. The Morgan fingerprint density at radius 1 is 1.37 bits per heavy atom. The van der Waals surface area contributed by atoms with Gasteiger partial charge in [0.05, 0.1) is 13.0 Å². The molecule has 2 rings (SSSR count). The summed E-state index contributed by atoms with van der Waals surface area (Å²) in [5.74, 6) is -2.06. The third-order valence-corrected chi connectivity index (χ3v) is 4.92. The first-order chi connectivity index (χ1) is 12.8. The molecular formula is C21H26O6. The van der Waals surface area contributed by atoms with E-state index in [-0.39, 0.29) is 12.0 Å². The third-order valence-electron chi connectivity index (χ3n) is 4.92. The summed E-state index contributed by atoms with van der Waals surface area (Å²) >= 11 is 0. The number of hydrogen-bond acceptors (Lipinski definition) is 6. The molecule has 0 bridgehead atoms. The van der Waals surface area contributed by atoms with Crippen molar-refractivity contribution in [1.82, 2.24) is 0 Å². The van der Waals surface area contributed by atoms with E-state index < -0.39 is 36.0 Å². The van der Waals surface area contributed by atoms with E-state index in [0.29, 0.717) is 17.6 Å². The van der Waals surface area contributed by atoms with Crippen molar-refractivity contribution >= 4 is 17.9 Å². The van der Waals surface area contributed by atoms with Crippen LogP contribution in [0.2, 0.25) is 0 Å². The summed E-state index contributed by atoms with van der Waals surface area (Å²) in [6.45, 7) is 9.15. The van der Waals surface area contributed by atoms with Gasteiger partial charge >= 0.3 is 17.9 Å². The lowest BCUT2D eigenvalue weighted by molar-refractivity contribution is -0.148. The second-order valence-corrected chi connectivity index (χ2v) is 6.81. The monoisotopic (exact) mass is 374 g/mol. The highest BCUT2D eigenvalue weighted by molar-refractivity contribution is 5.92. The Bertz CT molecular complexity index is 740. The summed E-state index contributed by atoms with van der Waals surface area (Å²) in [5.41, 5.74) is 2.11. The van der Waals surface area contributed by atoms with E-state index in [1.54, 1.807) is 26.0 Å². The first-order valence-corrected chi connectivity index (χ1v) is 8.96. The van der Waals surface area contributed by atoms with Gasteiger partial charge in [-0.1, -0.05) is 24.3 Å². The fourth-order valence-corrected chi connectivity index (χ4v) is 3.21. The molecule has 2 aliphatic rings. The van der Waals surface area contributed by atoms with Crippen LogP contribution in [0.15, 0.2) is 47.1 Å². The molecule has 1 heterocycles. The predicted molar refractivity (Wildman–Crippen MR) is 99.5 cm³/mol. The lowest BCUT2D eigenvalue weighted by Gasteiger charge is -2.27. The average Bonchev–Trinajstić information content (AvgIpc) is 2.91. The highest BCUT2D eigenvalue weighted by atomic mass is 16.6. The van der Waals surface area contributed by atoms with Crippen LogP contribution in [0, 0.1) is 5.92 Å². The Balaban J connectivity index is 2.47. The van der Waals surface area contributed by atoms with Crippen molar-refractivity contribution in [3.05, 3.63) is 47.1 Å². The minimum atomic E-state index is -0.774. The molecule has 1 saturated heterocycles. The number of rotatable bonds is 3. The average molecular weight is 374 g/mol. The Labute approximate surface area is 159 Å². The quantitative estimate of drug-likeness (QED) is 0.327. The number of fused-ring (bicyclic) bond motifs is 1. The zero-order valence-electron chi connectivity index (χ0n) is 16.2. The molecule has 27 heavy (non-hydrogen) atoms. The number of allylic oxidation sites excluding steroid dienone is 3. The van der Waals surface area contributed by atoms with E-state index in [2.05, 4.69) is 6.58 Å². The fraction of sp³-hybridized carbons (Fsp3) is 0.476. The molecule has 146 valence electrons. The first-order valence-electron chi connectivity index (χ1n) is 8.96.